The SMILES string of the molecule is O=C(Cl)c1ccc2c(=O)c3cc(F)ccc3sc2c1. The van der Waals surface area contributed by atoms with E-state index >= 15 is 0 Å². The Labute approximate surface area is 116 Å². The van der Waals surface area contributed by atoms with Crippen molar-refractivity contribution in [3.05, 3.63) is 58.0 Å². The molecule has 0 amide bonds. The maximum Gasteiger partial charge on any atom is 0.252 e. The van der Waals surface area contributed by atoms with E-state index in [-0.39, 0.29) is 5.43 Å². The molecule has 0 saturated carbocycles. The average Bonchev–Trinajstić information content (AvgIpc) is 2.39. The van der Waals surface area contributed by atoms with Gasteiger partial charge < -0.3 is 0 Å². The number of fused-ring (bicyclic) bond motifs is 2. The fraction of sp³-hybridized carbons (Fsp3) is 0. The minimum Gasteiger partial charge on any atom is -0.289 e. The lowest BCUT2D eigenvalue weighted by molar-refractivity contribution is 0.108. The molecule has 5 heteroatoms. The van der Waals surface area contributed by atoms with Crippen LogP contribution in [0.3, 0.4) is 0 Å². The molecule has 3 rings (SSSR count). The van der Waals surface area contributed by atoms with Crippen LogP contribution in [-0.4, -0.2) is 5.24 Å². The van der Waals surface area contributed by atoms with E-state index in [1.165, 1.54) is 29.5 Å². The van der Waals surface area contributed by atoms with E-state index in [1.807, 2.05) is 0 Å². The third-order valence-corrected chi connectivity index (χ3v) is 4.21. The zero-order valence-electron chi connectivity index (χ0n) is 9.44. The summed E-state index contributed by atoms with van der Waals surface area (Å²) in [6.45, 7) is 0. The third-order valence-electron chi connectivity index (χ3n) is 2.86. The van der Waals surface area contributed by atoms with Gasteiger partial charge in [-0.15, -0.1) is 11.3 Å². The summed E-state index contributed by atoms with van der Waals surface area (Å²) in [6, 6.07) is 8.73. The second kappa shape index (κ2) is 4.40. The first-order chi connectivity index (χ1) is 9.06. The fourth-order valence-corrected chi connectivity index (χ4v) is 3.16. The van der Waals surface area contributed by atoms with E-state index in [1.54, 1.807) is 18.2 Å². The van der Waals surface area contributed by atoms with Gasteiger partial charge in [-0.1, -0.05) is 0 Å². The van der Waals surface area contributed by atoms with Gasteiger partial charge in [-0.2, -0.15) is 0 Å². The second-order valence-corrected chi connectivity index (χ2v) is 5.48. The molecule has 3 aromatic rings. The van der Waals surface area contributed by atoms with Crippen molar-refractivity contribution < 1.29 is 9.18 Å². The summed E-state index contributed by atoms with van der Waals surface area (Å²) in [7, 11) is 0. The van der Waals surface area contributed by atoms with Gasteiger partial charge in [0.05, 0.1) is 0 Å². The molecule has 0 bridgehead atoms. The summed E-state index contributed by atoms with van der Waals surface area (Å²) in [5.74, 6) is -0.441. The van der Waals surface area contributed by atoms with Crippen LogP contribution in [-0.2, 0) is 0 Å². The molecule has 0 radical (unpaired) electrons. The molecule has 0 saturated heterocycles. The topological polar surface area (TPSA) is 34.1 Å². The molecule has 0 aliphatic heterocycles. The number of benzene rings is 2. The van der Waals surface area contributed by atoms with E-state index in [9.17, 15) is 14.0 Å². The number of carbonyl (C=O) groups excluding carboxylic acids is 1. The molecule has 0 N–H and O–H groups in total. The molecule has 0 aliphatic carbocycles. The van der Waals surface area contributed by atoms with Gasteiger partial charge in [-0.3, -0.25) is 9.59 Å². The highest BCUT2D eigenvalue weighted by Gasteiger charge is 2.09. The normalized spacial score (nSPS) is 11.1. The monoisotopic (exact) mass is 292 g/mol. The molecule has 2 nitrogen and oxygen atoms in total. The molecule has 0 atom stereocenters. The van der Waals surface area contributed by atoms with Crippen LogP contribution in [0.2, 0.25) is 0 Å². The molecule has 0 fully saturated rings. The first-order valence-electron chi connectivity index (χ1n) is 5.42. The number of carbonyl (C=O) groups is 1. The summed E-state index contributed by atoms with van der Waals surface area (Å²) < 4.78 is 14.5. The van der Waals surface area contributed by atoms with Gasteiger partial charge in [0.25, 0.3) is 5.24 Å². The van der Waals surface area contributed by atoms with Gasteiger partial charge in [0, 0.05) is 25.7 Å². The van der Waals surface area contributed by atoms with Crippen molar-refractivity contribution in [1.29, 1.82) is 0 Å². The van der Waals surface area contributed by atoms with Crippen LogP contribution < -0.4 is 5.43 Å². The number of hydrogen-bond donors (Lipinski definition) is 0. The van der Waals surface area contributed by atoms with Crippen molar-refractivity contribution in [2.24, 2.45) is 0 Å². The molecule has 0 unspecified atom stereocenters. The van der Waals surface area contributed by atoms with Gasteiger partial charge in [0.15, 0.2) is 5.43 Å². The van der Waals surface area contributed by atoms with Crippen LogP contribution in [0.25, 0.3) is 20.2 Å². The van der Waals surface area contributed by atoms with Crippen molar-refractivity contribution >= 4 is 48.4 Å². The van der Waals surface area contributed by atoms with Crippen molar-refractivity contribution in [1.82, 2.24) is 0 Å². The molecular formula is C14H6ClFO2S. The summed E-state index contributed by atoms with van der Waals surface area (Å²) in [6.07, 6.45) is 0. The molecule has 94 valence electrons. The van der Waals surface area contributed by atoms with E-state index in [0.717, 1.165) is 0 Å². The highest BCUT2D eigenvalue weighted by molar-refractivity contribution is 7.24. The Kier molecular flexibility index (Phi) is 2.84. The minimum atomic E-state index is -0.569. The summed E-state index contributed by atoms with van der Waals surface area (Å²) in [5.41, 5.74) is 0.100. The highest BCUT2D eigenvalue weighted by Crippen LogP contribution is 2.26. The van der Waals surface area contributed by atoms with Crippen molar-refractivity contribution in [3.8, 4) is 0 Å². The lowest BCUT2D eigenvalue weighted by atomic mass is 10.1. The Hall–Kier alpha value is -1.78. The van der Waals surface area contributed by atoms with Gasteiger partial charge >= 0.3 is 0 Å². The Morgan fingerprint density at radius 3 is 2.58 bits per heavy atom. The molecule has 0 aliphatic rings. The maximum atomic E-state index is 13.2. The number of halogens is 2. The smallest absolute Gasteiger partial charge is 0.252 e. The molecule has 1 heterocycles. The third kappa shape index (κ3) is 2.03. The molecular weight excluding hydrogens is 287 g/mol. The molecule has 2 aromatic carbocycles. The van der Waals surface area contributed by atoms with Gasteiger partial charge in [-0.25, -0.2) is 4.39 Å². The van der Waals surface area contributed by atoms with E-state index < -0.39 is 11.1 Å². The summed E-state index contributed by atoms with van der Waals surface area (Å²) in [5, 5.41) is 0.243. The Morgan fingerprint density at radius 2 is 1.84 bits per heavy atom. The zero-order chi connectivity index (χ0) is 13.6. The van der Waals surface area contributed by atoms with Crippen LogP contribution in [0, 0.1) is 5.82 Å². The standard InChI is InChI=1S/C14H6ClFO2S/c15-14(18)7-1-3-9-12(5-7)19-11-4-2-8(16)6-10(11)13(9)17/h1-6H. The first-order valence-corrected chi connectivity index (χ1v) is 6.61. The zero-order valence-corrected chi connectivity index (χ0v) is 11.0. The average molecular weight is 293 g/mol. The van der Waals surface area contributed by atoms with Crippen molar-refractivity contribution in [3.63, 3.8) is 0 Å². The second-order valence-electron chi connectivity index (χ2n) is 4.06. The van der Waals surface area contributed by atoms with Crippen LogP contribution in [0.1, 0.15) is 10.4 Å². The van der Waals surface area contributed by atoms with Gasteiger partial charge in [0.2, 0.25) is 0 Å². The van der Waals surface area contributed by atoms with Crippen LogP contribution >= 0.6 is 22.9 Å². The molecule has 19 heavy (non-hydrogen) atoms. The summed E-state index contributed by atoms with van der Waals surface area (Å²) in [4.78, 5) is 23.4. The summed E-state index contributed by atoms with van der Waals surface area (Å²) >= 11 is 6.75. The van der Waals surface area contributed by atoms with Gasteiger partial charge in [-0.05, 0) is 48.0 Å². The lowest BCUT2D eigenvalue weighted by Gasteiger charge is -2.02. The quantitative estimate of drug-likeness (QED) is 0.503. The Balaban J connectivity index is 2.46. The fourth-order valence-electron chi connectivity index (χ4n) is 1.95. The molecule has 0 spiro atoms. The van der Waals surface area contributed by atoms with E-state index in [0.29, 0.717) is 25.7 Å². The number of rotatable bonds is 1. The largest absolute Gasteiger partial charge is 0.289 e. The van der Waals surface area contributed by atoms with E-state index in [4.69, 9.17) is 11.6 Å². The minimum absolute atomic E-state index is 0.239. The van der Waals surface area contributed by atoms with Crippen LogP contribution in [0.15, 0.2) is 41.2 Å². The Bertz CT molecular complexity index is 886. The predicted octanol–water partition coefficient (Wildman–Crippen LogP) is 3.93. The van der Waals surface area contributed by atoms with Gasteiger partial charge in [0.1, 0.15) is 5.82 Å². The predicted molar refractivity (Wildman–Crippen MR) is 75.7 cm³/mol. The number of hydrogen-bond acceptors (Lipinski definition) is 3. The van der Waals surface area contributed by atoms with Crippen LogP contribution in [0.4, 0.5) is 4.39 Å². The highest BCUT2D eigenvalue weighted by atomic mass is 35.5. The molecule has 1 aromatic heterocycles. The van der Waals surface area contributed by atoms with E-state index in [2.05, 4.69) is 0 Å². The van der Waals surface area contributed by atoms with Crippen molar-refractivity contribution in [2.75, 3.05) is 0 Å². The maximum absolute atomic E-state index is 13.2. The van der Waals surface area contributed by atoms with Crippen LogP contribution in [0.5, 0.6) is 0 Å². The van der Waals surface area contributed by atoms with Crippen molar-refractivity contribution in [2.45, 2.75) is 0 Å². The lowest BCUT2D eigenvalue weighted by Crippen LogP contribution is -2.02. The Morgan fingerprint density at radius 1 is 1.05 bits per heavy atom. The first kappa shape index (κ1) is 12.3.